The SMILES string of the molecule is CC(c1c(F)cccc1F)N1CC2CNCC2C1. The third-order valence-electron chi connectivity index (χ3n) is 4.38. The third kappa shape index (κ3) is 1.93. The summed E-state index contributed by atoms with van der Waals surface area (Å²) >= 11 is 0. The highest BCUT2D eigenvalue weighted by molar-refractivity contribution is 5.23. The number of nitrogens with one attached hydrogen (secondary N) is 1. The minimum Gasteiger partial charge on any atom is -0.316 e. The van der Waals surface area contributed by atoms with E-state index in [2.05, 4.69) is 10.2 Å². The molecule has 0 spiro atoms. The van der Waals surface area contributed by atoms with Crippen molar-refractivity contribution in [3.63, 3.8) is 0 Å². The minimum absolute atomic E-state index is 0.184. The molecule has 0 amide bonds. The van der Waals surface area contributed by atoms with E-state index in [-0.39, 0.29) is 11.6 Å². The molecule has 2 aliphatic rings. The van der Waals surface area contributed by atoms with Gasteiger partial charge in [-0.3, -0.25) is 4.90 Å². The largest absolute Gasteiger partial charge is 0.316 e. The fraction of sp³-hybridized carbons (Fsp3) is 0.571. The second kappa shape index (κ2) is 4.59. The first-order valence-electron chi connectivity index (χ1n) is 6.55. The first kappa shape index (κ1) is 12.1. The molecule has 2 fully saturated rings. The molecular weight excluding hydrogens is 234 g/mol. The Morgan fingerprint density at radius 1 is 1.17 bits per heavy atom. The monoisotopic (exact) mass is 252 g/mol. The highest BCUT2D eigenvalue weighted by Crippen LogP contribution is 2.34. The van der Waals surface area contributed by atoms with E-state index in [1.54, 1.807) is 0 Å². The van der Waals surface area contributed by atoms with Crippen LogP contribution >= 0.6 is 0 Å². The molecule has 0 bridgehead atoms. The summed E-state index contributed by atoms with van der Waals surface area (Å²) in [6.45, 7) is 5.84. The van der Waals surface area contributed by atoms with Crippen LogP contribution in [0.4, 0.5) is 8.78 Å². The van der Waals surface area contributed by atoms with Gasteiger partial charge in [0.1, 0.15) is 11.6 Å². The Labute approximate surface area is 106 Å². The zero-order valence-electron chi connectivity index (χ0n) is 10.5. The number of rotatable bonds is 2. The van der Waals surface area contributed by atoms with Gasteiger partial charge >= 0.3 is 0 Å². The number of likely N-dealkylation sites (tertiary alicyclic amines) is 1. The minimum atomic E-state index is -0.433. The van der Waals surface area contributed by atoms with E-state index < -0.39 is 11.6 Å². The van der Waals surface area contributed by atoms with Crippen LogP contribution in [0.2, 0.25) is 0 Å². The van der Waals surface area contributed by atoms with Crippen molar-refractivity contribution in [3.8, 4) is 0 Å². The van der Waals surface area contributed by atoms with E-state index >= 15 is 0 Å². The van der Waals surface area contributed by atoms with Crippen molar-refractivity contribution in [2.75, 3.05) is 26.2 Å². The van der Waals surface area contributed by atoms with Crippen molar-refractivity contribution >= 4 is 0 Å². The Morgan fingerprint density at radius 3 is 2.28 bits per heavy atom. The Balaban J connectivity index is 1.81. The van der Waals surface area contributed by atoms with E-state index in [0.29, 0.717) is 11.8 Å². The molecule has 3 unspecified atom stereocenters. The second-order valence-electron chi connectivity index (χ2n) is 5.44. The van der Waals surface area contributed by atoms with Gasteiger partial charge in [0.15, 0.2) is 0 Å². The van der Waals surface area contributed by atoms with E-state index in [0.717, 1.165) is 26.2 Å². The highest BCUT2D eigenvalue weighted by atomic mass is 19.1. The zero-order valence-corrected chi connectivity index (χ0v) is 10.5. The predicted octanol–water partition coefficient (Wildman–Crippen LogP) is 2.18. The number of hydrogen-bond donors (Lipinski definition) is 1. The van der Waals surface area contributed by atoms with Crippen LogP contribution in [0.1, 0.15) is 18.5 Å². The lowest BCUT2D eigenvalue weighted by molar-refractivity contribution is 0.234. The van der Waals surface area contributed by atoms with E-state index in [9.17, 15) is 8.78 Å². The Kier molecular flexibility index (Phi) is 3.08. The van der Waals surface area contributed by atoms with Gasteiger partial charge in [0, 0.05) is 24.7 Å². The number of benzene rings is 1. The molecule has 3 rings (SSSR count). The van der Waals surface area contributed by atoms with Crippen LogP contribution in [-0.4, -0.2) is 31.1 Å². The van der Waals surface area contributed by atoms with Gasteiger partial charge in [-0.2, -0.15) is 0 Å². The van der Waals surface area contributed by atoms with Crippen LogP contribution in [0.25, 0.3) is 0 Å². The van der Waals surface area contributed by atoms with Crippen LogP contribution < -0.4 is 5.32 Å². The molecule has 0 saturated carbocycles. The fourth-order valence-electron chi connectivity index (χ4n) is 3.30. The summed E-state index contributed by atoms with van der Waals surface area (Å²) in [7, 11) is 0. The lowest BCUT2D eigenvalue weighted by Gasteiger charge is -2.26. The van der Waals surface area contributed by atoms with Crippen LogP contribution in [0.15, 0.2) is 18.2 Å². The topological polar surface area (TPSA) is 15.3 Å². The van der Waals surface area contributed by atoms with Gasteiger partial charge in [-0.1, -0.05) is 6.07 Å². The van der Waals surface area contributed by atoms with Gasteiger partial charge in [-0.05, 0) is 44.0 Å². The molecule has 18 heavy (non-hydrogen) atoms. The molecule has 0 aromatic heterocycles. The quantitative estimate of drug-likeness (QED) is 0.868. The number of halogens is 2. The lowest BCUT2D eigenvalue weighted by Crippen LogP contribution is -2.29. The van der Waals surface area contributed by atoms with Gasteiger partial charge < -0.3 is 5.32 Å². The van der Waals surface area contributed by atoms with E-state index in [1.807, 2.05) is 6.92 Å². The van der Waals surface area contributed by atoms with Gasteiger partial charge in [-0.25, -0.2) is 8.78 Å². The lowest BCUT2D eigenvalue weighted by atomic mass is 10.0. The summed E-state index contributed by atoms with van der Waals surface area (Å²) in [6, 6.07) is 3.92. The molecule has 0 radical (unpaired) electrons. The summed E-state index contributed by atoms with van der Waals surface area (Å²) in [6.07, 6.45) is 0. The fourth-order valence-corrected chi connectivity index (χ4v) is 3.30. The van der Waals surface area contributed by atoms with Crippen molar-refractivity contribution < 1.29 is 8.78 Å². The van der Waals surface area contributed by atoms with Gasteiger partial charge in [-0.15, -0.1) is 0 Å². The molecule has 0 aliphatic carbocycles. The van der Waals surface area contributed by atoms with Crippen LogP contribution in [0.3, 0.4) is 0 Å². The zero-order chi connectivity index (χ0) is 12.7. The highest BCUT2D eigenvalue weighted by Gasteiger charge is 2.38. The summed E-state index contributed by atoms with van der Waals surface area (Å²) in [5.74, 6) is 0.417. The number of hydrogen-bond acceptors (Lipinski definition) is 2. The van der Waals surface area contributed by atoms with E-state index in [1.165, 1.54) is 18.2 Å². The van der Waals surface area contributed by atoms with Crippen molar-refractivity contribution in [2.24, 2.45) is 11.8 Å². The predicted molar refractivity (Wildman–Crippen MR) is 66.2 cm³/mol. The molecule has 1 N–H and O–H groups in total. The first-order valence-corrected chi connectivity index (χ1v) is 6.55. The molecular formula is C14H18F2N2. The Bertz CT molecular complexity index is 417. The van der Waals surface area contributed by atoms with Crippen molar-refractivity contribution in [1.82, 2.24) is 10.2 Å². The maximum absolute atomic E-state index is 13.8. The van der Waals surface area contributed by atoms with Gasteiger partial charge in [0.25, 0.3) is 0 Å². The van der Waals surface area contributed by atoms with Crippen LogP contribution in [-0.2, 0) is 0 Å². The standard InChI is InChI=1S/C14H18F2N2/c1-9(14-12(15)3-2-4-13(14)16)18-7-10-5-17-6-11(10)8-18/h2-4,9-11,17H,5-8H2,1H3. The molecule has 2 nitrogen and oxygen atoms in total. The molecule has 1 aromatic rings. The molecule has 2 heterocycles. The van der Waals surface area contributed by atoms with E-state index in [4.69, 9.17) is 0 Å². The Hall–Kier alpha value is -1.00. The smallest absolute Gasteiger partial charge is 0.130 e. The molecule has 2 saturated heterocycles. The van der Waals surface area contributed by atoms with Gasteiger partial charge in [0.05, 0.1) is 0 Å². The van der Waals surface area contributed by atoms with Crippen molar-refractivity contribution in [1.29, 1.82) is 0 Å². The Morgan fingerprint density at radius 2 is 1.72 bits per heavy atom. The maximum Gasteiger partial charge on any atom is 0.130 e. The summed E-state index contributed by atoms with van der Waals surface area (Å²) < 4.78 is 27.5. The average Bonchev–Trinajstić information content (AvgIpc) is 2.88. The summed E-state index contributed by atoms with van der Waals surface area (Å²) in [5.41, 5.74) is 0.213. The van der Waals surface area contributed by atoms with Crippen molar-refractivity contribution in [3.05, 3.63) is 35.4 Å². The normalized spacial score (nSPS) is 29.5. The third-order valence-corrected chi connectivity index (χ3v) is 4.38. The average molecular weight is 252 g/mol. The number of fused-ring (bicyclic) bond motifs is 1. The van der Waals surface area contributed by atoms with Crippen molar-refractivity contribution in [2.45, 2.75) is 13.0 Å². The molecule has 4 heteroatoms. The molecule has 1 aromatic carbocycles. The summed E-state index contributed by atoms with van der Waals surface area (Å²) in [5, 5.41) is 3.37. The van der Waals surface area contributed by atoms with Crippen LogP contribution in [0.5, 0.6) is 0 Å². The molecule has 2 aliphatic heterocycles. The van der Waals surface area contributed by atoms with Gasteiger partial charge in [0.2, 0.25) is 0 Å². The number of nitrogens with zero attached hydrogens (tertiary/aromatic N) is 1. The maximum atomic E-state index is 13.8. The van der Waals surface area contributed by atoms with Crippen LogP contribution in [0, 0.1) is 23.5 Å². The second-order valence-corrected chi connectivity index (χ2v) is 5.44. The first-order chi connectivity index (χ1) is 8.66. The molecule has 98 valence electrons. The summed E-state index contributed by atoms with van der Waals surface area (Å²) in [4.78, 5) is 2.21. The molecule has 3 atom stereocenters.